The fourth-order valence-electron chi connectivity index (χ4n) is 2.61. The Morgan fingerprint density at radius 1 is 1.14 bits per heavy atom. The van der Waals surface area contributed by atoms with E-state index in [9.17, 15) is 9.59 Å². The number of aromatic nitrogens is 4. The normalized spacial score (nSPS) is 15.7. The standard InChI is InChI=1S/C14H15N5O3/c20-13(11-7-16-12(8-15-11)14(21)22)19-3-1-9(2-4-19)10-5-17-18-6-10/h5-9H,1-4H2,(H,17,18)(H,21,22). The number of H-pyrrole nitrogens is 1. The first kappa shape index (κ1) is 14.2. The highest BCUT2D eigenvalue weighted by molar-refractivity contribution is 5.92. The van der Waals surface area contributed by atoms with Crippen LogP contribution in [0.4, 0.5) is 0 Å². The number of rotatable bonds is 3. The molecule has 2 N–H and O–H groups in total. The summed E-state index contributed by atoms with van der Waals surface area (Å²) < 4.78 is 0. The molecule has 2 aromatic heterocycles. The fraction of sp³-hybridized carbons (Fsp3) is 0.357. The van der Waals surface area contributed by atoms with Crippen molar-refractivity contribution in [3.8, 4) is 0 Å². The third-order valence-electron chi connectivity index (χ3n) is 3.86. The summed E-state index contributed by atoms with van der Waals surface area (Å²) in [5, 5.41) is 15.5. The Morgan fingerprint density at radius 3 is 2.36 bits per heavy atom. The van der Waals surface area contributed by atoms with Gasteiger partial charge >= 0.3 is 5.97 Å². The largest absolute Gasteiger partial charge is 0.476 e. The molecule has 114 valence electrons. The summed E-state index contributed by atoms with van der Waals surface area (Å²) >= 11 is 0. The van der Waals surface area contributed by atoms with Crippen molar-refractivity contribution in [3.05, 3.63) is 41.7 Å². The van der Waals surface area contributed by atoms with E-state index in [1.807, 2.05) is 12.4 Å². The molecular formula is C14H15N5O3. The third-order valence-corrected chi connectivity index (χ3v) is 3.86. The molecule has 0 aliphatic carbocycles. The van der Waals surface area contributed by atoms with E-state index in [4.69, 9.17) is 5.11 Å². The number of aromatic amines is 1. The SMILES string of the molecule is O=C(O)c1cnc(C(=O)N2CCC(c3cn[nH]c3)CC2)cn1. The molecule has 2 aromatic rings. The van der Waals surface area contributed by atoms with Gasteiger partial charge in [-0.15, -0.1) is 0 Å². The second-order valence-corrected chi connectivity index (χ2v) is 5.19. The summed E-state index contributed by atoms with van der Waals surface area (Å²) in [4.78, 5) is 32.4. The van der Waals surface area contributed by atoms with E-state index in [1.165, 1.54) is 6.20 Å². The molecule has 0 bridgehead atoms. The summed E-state index contributed by atoms with van der Waals surface area (Å²) in [6.45, 7) is 1.27. The molecule has 0 saturated carbocycles. The van der Waals surface area contributed by atoms with Crippen LogP contribution in [-0.4, -0.2) is 55.1 Å². The molecular weight excluding hydrogens is 286 g/mol. The van der Waals surface area contributed by atoms with Crippen LogP contribution in [0.2, 0.25) is 0 Å². The Morgan fingerprint density at radius 2 is 1.82 bits per heavy atom. The van der Waals surface area contributed by atoms with E-state index in [0.717, 1.165) is 24.6 Å². The molecule has 0 aromatic carbocycles. The number of likely N-dealkylation sites (tertiary alicyclic amines) is 1. The van der Waals surface area contributed by atoms with Crippen molar-refractivity contribution in [2.45, 2.75) is 18.8 Å². The van der Waals surface area contributed by atoms with Gasteiger partial charge in [0.15, 0.2) is 5.69 Å². The topological polar surface area (TPSA) is 112 Å². The summed E-state index contributed by atoms with van der Waals surface area (Å²) in [6.07, 6.45) is 7.76. The number of nitrogens with one attached hydrogen (secondary N) is 1. The fourth-order valence-corrected chi connectivity index (χ4v) is 2.61. The number of carbonyl (C=O) groups is 2. The van der Waals surface area contributed by atoms with Crippen molar-refractivity contribution < 1.29 is 14.7 Å². The lowest BCUT2D eigenvalue weighted by molar-refractivity contribution is 0.0679. The van der Waals surface area contributed by atoms with Crippen LogP contribution < -0.4 is 0 Å². The number of piperidine rings is 1. The molecule has 8 heteroatoms. The van der Waals surface area contributed by atoms with Crippen molar-refractivity contribution in [3.63, 3.8) is 0 Å². The smallest absolute Gasteiger partial charge is 0.356 e. The first-order valence-corrected chi connectivity index (χ1v) is 6.98. The van der Waals surface area contributed by atoms with Gasteiger partial charge in [0, 0.05) is 19.3 Å². The van der Waals surface area contributed by atoms with Crippen LogP contribution in [0, 0.1) is 0 Å². The van der Waals surface area contributed by atoms with Crippen molar-refractivity contribution in [1.29, 1.82) is 0 Å². The van der Waals surface area contributed by atoms with E-state index in [0.29, 0.717) is 19.0 Å². The average molecular weight is 301 g/mol. The predicted octanol–water partition coefficient (Wildman–Crippen LogP) is 0.918. The molecule has 3 rings (SSSR count). The van der Waals surface area contributed by atoms with Gasteiger partial charge in [-0.2, -0.15) is 5.10 Å². The van der Waals surface area contributed by atoms with Crippen LogP contribution in [-0.2, 0) is 0 Å². The predicted molar refractivity (Wildman–Crippen MR) is 75.5 cm³/mol. The third kappa shape index (κ3) is 2.80. The quantitative estimate of drug-likeness (QED) is 0.871. The molecule has 8 nitrogen and oxygen atoms in total. The maximum absolute atomic E-state index is 12.3. The van der Waals surface area contributed by atoms with Crippen LogP contribution in [0.25, 0.3) is 0 Å². The number of carboxylic acids is 1. The molecule has 22 heavy (non-hydrogen) atoms. The minimum absolute atomic E-state index is 0.171. The van der Waals surface area contributed by atoms with Crippen molar-refractivity contribution in [2.24, 2.45) is 0 Å². The number of carbonyl (C=O) groups excluding carboxylic acids is 1. The van der Waals surface area contributed by atoms with Crippen molar-refractivity contribution in [2.75, 3.05) is 13.1 Å². The van der Waals surface area contributed by atoms with E-state index < -0.39 is 5.97 Å². The van der Waals surface area contributed by atoms with Gasteiger partial charge in [0.25, 0.3) is 5.91 Å². The summed E-state index contributed by atoms with van der Waals surface area (Å²) in [6, 6.07) is 0. The minimum atomic E-state index is -1.16. The van der Waals surface area contributed by atoms with Gasteiger partial charge in [-0.3, -0.25) is 9.89 Å². The lowest BCUT2D eigenvalue weighted by Crippen LogP contribution is -2.38. The number of amides is 1. The van der Waals surface area contributed by atoms with E-state index in [-0.39, 0.29) is 17.3 Å². The van der Waals surface area contributed by atoms with Gasteiger partial charge in [-0.05, 0) is 24.3 Å². The maximum atomic E-state index is 12.3. The number of nitrogens with zero attached hydrogens (tertiary/aromatic N) is 4. The zero-order valence-corrected chi connectivity index (χ0v) is 11.8. The van der Waals surface area contributed by atoms with E-state index in [1.54, 1.807) is 4.90 Å². The highest BCUT2D eigenvalue weighted by Crippen LogP contribution is 2.27. The molecule has 0 unspecified atom stereocenters. The summed E-state index contributed by atoms with van der Waals surface area (Å²) in [5.74, 6) is -0.967. The molecule has 1 amide bonds. The van der Waals surface area contributed by atoms with Crippen molar-refractivity contribution in [1.82, 2.24) is 25.1 Å². The lowest BCUT2D eigenvalue weighted by atomic mass is 9.91. The second kappa shape index (κ2) is 5.92. The molecule has 1 fully saturated rings. The Kier molecular flexibility index (Phi) is 3.82. The molecule has 0 atom stereocenters. The van der Waals surface area contributed by atoms with Crippen LogP contribution in [0.1, 0.15) is 45.3 Å². The molecule has 0 spiro atoms. The lowest BCUT2D eigenvalue weighted by Gasteiger charge is -2.31. The number of carboxylic acid groups (broad SMARTS) is 1. The Hall–Kier alpha value is -2.77. The van der Waals surface area contributed by atoms with Gasteiger partial charge in [0.05, 0.1) is 18.6 Å². The Balaban J connectivity index is 1.63. The molecule has 1 aliphatic heterocycles. The number of hydrogen-bond donors (Lipinski definition) is 2. The summed E-state index contributed by atoms with van der Waals surface area (Å²) in [5.41, 5.74) is 1.17. The summed E-state index contributed by atoms with van der Waals surface area (Å²) in [7, 11) is 0. The maximum Gasteiger partial charge on any atom is 0.356 e. The van der Waals surface area contributed by atoms with Crippen molar-refractivity contribution >= 4 is 11.9 Å². The van der Waals surface area contributed by atoms with Crippen LogP contribution in [0.5, 0.6) is 0 Å². The van der Waals surface area contributed by atoms with Crippen LogP contribution in [0.15, 0.2) is 24.8 Å². The van der Waals surface area contributed by atoms with Gasteiger partial charge in [-0.25, -0.2) is 14.8 Å². The number of hydrogen-bond acceptors (Lipinski definition) is 5. The molecule has 1 saturated heterocycles. The van der Waals surface area contributed by atoms with Gasteiger partial charge < -0.3 is 10.0 Å². The molecule has 1 aliphatic rings. The monoisotopic (exact) mass is 301 g/mol. The van der Waals surface area contributed by atoms with Gasteiger partial charge in [-0.1, -0.05) is 0 Å². The Labute approximate surface area is 126 Å². The highest BCUT2D eigenvalue weighted by atomic mass is 16.4. The first-order chi connectivity index (χ1) is 10.6. The first-order valence-electron chi connectivity index (χ1n) is 6.98. The molecule has 3 heterocycles. The van der Waals surface area contributed by atoms with Gasteiger partial charge in [0.2, 0.25) is 0 Å². The van der Waals surface area contributed by atoms with Crippen LogP contribution in [0.3, 0.4) is 0 Å². The zero-order valence-electron chi connectivity index (χ0n) is 11.8. The zero-order chi connectivity index (χ0) is 15.5. The molecule has 0 radical (unpaired) electrons. The number of aromatic carboxylic acids is 1. The second-order valence-electron chi connectivity index (χ2n) is 5.19. The van der Waals surface area contributed by atoms with Crippen LogP contribution >= 0.6 is 0 Å². The average Bonchev–Trinajstić information content (AvgIpc) is 3.09. The minimum Gasteiger partial charge on any atom is -0.476 e. The highest BCUT2D eigenvalue weighted by Gasteiger charge is 2.26. The van der Waals surface area contributed by atoms with E-state index >= 15 is 0 Å². The van der Waals surface area contributed by atoms with E-state index in [2.05, 4.69) is 20.2 Å². The van der Waals surface area contributed by atoms with Gasteiger partial charge in [0.1, 0.15) is 5.69 Å². The Bertz CT molecular complexity index is 660.